The number of para-hydroxylation sites is 1. The van der Waals surface area contributed by atoms with Crippen molar-refractivity contribution in [2.75, 3.05) is 10.6 Å². The van der Waals surface area contributed by atoms with Crippen LogP contribution in [0.4, 0.5) is 17.1 Å². The maximum absolute atomic E-state index is 5.90. The number of nitrogen functional groups attached to an aromatic ring is 1. The first-order valence-electron chi connectivity index (χ1n) is 6.40. The lowest BCUT2D eigenvalue weighted by Crippen LogP contribution is -2.23. The summed E-state index contributed by atoms with van der Waals surface area (Å²) in [6.07, 6.45) is 1.11. The third-order valence-corrected chi connectivity index (χ3v) is 3.74. The summed E-state index contributed by atoms with van der Waals surface area (Å²) in [5, 5.41) is 0. The molecule has 2 heteroatoms. The highest BCUT2D eigenvalue weighted by molar-refractivity contribution is 5.72. The number of rotatable bonds is 1. The molecule has 0 fully saturated rings. The molecule has 1 heterocycles. The van der Waals surface area contributed by atoms with Crippen LogP contribution in [0, 0.1) is 6.92 Å². The highest BCUT2D eigenvalue weighted by Crippen LogP contribution is 2.38. The van der Waals surface area contributed by atoms with Gasteiger partial charge in [-0.25, -0.2) is 0 Å². The molecule has 0 amide bonds. The maximum atomic E-state index is 5.90. The molecule has 3 rings (SSSR count). The van der Waals surface area contributed by atoms with Crippen molar-refractivity contribution in [3.63, 3.8) is 0 Å². The Balaban J connectivity index is 2.09. The minimum atomic E-state index is 0.505. The molecule has 1 aliphatic heterocycles. The second-order valence-electron chi connectivity index (χ2n) is 5.09. The monoisotopic (exact) mass is 238 g/mol. The fraction of sp³-hybridized carbons (Fsp3) is 0.250. The predicted molar refractivity (Wildman–Crippen MR) is 77.3 cm³/mol. The molecule has 0 aliphatic carbocycles. The second-order valence-corrected chi connectivity index (χ2v) is 5.09. The first-order valence-corrected chi connectivity index (χ1v) is 6.40. The van der Waals surface area contributed by atoms with Gasteiger partial charge in [-0.05, 0) is 55.7 Å². The highest BCUT2D eigenvalue weighted by atomic mass is 15.2. The Kier molecular flexibility index (Phi) is 2.51. The van der Waals surface area contributed by atoms with Gasteiger partial charge in [-0.15, -0.1) is 0 Å². The lowest BCUT2D eigenvalue weighted by atomic mass is 10.1. The van der Waals surface area contributed by atoms with E-state index in [1.807, 2.05) is 6.07 Å². The number of fused-ring (bicyclic) bond motifs is 1. The Bertz CT molecular complexity index is 589. The molecule has 0 spiro atoms. The van der Waals surface area contributed by atoms with Crippen LogP contribution in [-0.4, -0.2) is 6.04 Å². The lowest BCUT2D eigenvalue weighted by molar-refractivity contribution is 0.759. The van der Waals surface area contributed by atoms with E-state index in [-0.39, 0.29) is 0 Å². The molecule has 0 aromatic heterocycles. The molecule has 1 aliphatic rings. The minimum absolute atomic E-state index is 0.505. The number of aryl methyl sites for hydroxylation is 1. The van der Waals surface area contributed by atoms with Crippen LogP contribution in [0.1, 0.15) is 18.1 Å². The Morgan fingerprint density at radius 3 is 2.72 bits per heavy atom. The lowest BCUT2D eigenvalue weighted by Gasteiger charge is -2.25. The third kappa shape index (κ3) is 1.65. The fourth-order valence-corrected chi connectivity index (χ4v) is 2.77. The van der Waals surface area contributed by atoms with Crippen LogP contribution in [-0.2, 0) is 6.42 Å². The van der Waals surface area contributed by atoms with Crippen molar-refractivity contribution in [3.05, 3.63) is 53.6 Å². The van der Waals surface area contributed by atoms with E-state index >= 15 is 0 Å². The summed E-state index contributed by atoms with van der Waals surface area (Å²) in [6.45, 7) is 4.33. The van der Waals surface area contributed by atoms with E-state index < -0.39 is 0 Å². The zero-order chi connectivity index (χ0) is 12.7. The van der Waals surface area contributed by atoms with Crippen LogP contribution in [0.15, 0.2) is 42.5 Å². The molecular formula is C16H18N2. The molecule has 2 aromatic rings. The predicted octanol–water partition coefficient (Wildman–Crippen LogP) is 3.66. The number of hydrogen-bond donors (Lipinski definition) is 1. The molecule has 18 heavy (non-hydrogen) atoms. The standard InChI is InChI=1S/C16H18N2/c1-11-9-14(7-8-15(11)17)18-12(2)10-13-5-3-4-6-16(13)18/h3-9,12H,10,17H2,1-2H3. The van der Waals surface area contributed by atoms with Crippen LogP contribution in [0.25, 0.3) is 0 Å². The fourth-order valence-electron chi connectivity index (χ4n) is 2.77. The van der Waals surface area contributed by atoms with Crippen molar-refractivity contribution in [2.24, 2.45) is 0 Å². The van der Waals surface area contributed by atoms with Gasteiger partial charge in [0.1, 0.15) is 0 Å². The summed E-state index contributed by atoms with van der Waals surface area (Å²) in [7, 11) is 0. The van der Waals surface area contributed by atoms with Crippen molar-refractivity contribution in [1.29, 1.82) is 0 Å². The highest BCUT2D eigenvalue weighted by Gasteiger charge is 2.26. The van der Waals surface area contributed by atoms with E-state index in [1.54, 1.807) is 0 Å². The van der Waals surface area contributed by atoms with Gasteiger partial charge in [0.25, 0.3) is 0 Å². The van der Waals surface area contributed by atoms with E-state index in [9.17, 15) is 0 Å². The van der Waals surface area contributed by atoms with Crippen LogP contribution in [0.3, 0.4) is 0 Å². The summed E-state index contributed by atoms with van der Waals surface area (Å²) in [6, 6.07) is 15.4. The van der Waals surface area contributed by atoms with Gasteiger partial charge in [-0.1, -0.05) is 18.2 Å². The SMILES string of the molecule is Cc1cc(N2c3ccccc3CC2C)ccc1N. The van der Waals surface area contributed by atoms with Crippen LogP contribution >= 0.6 is 0 Å². The van der Waals surface area contributed by atoms with Gasteiger partial charge in [0, 0.05) is 23.1 Å². The third-order valence-electron chi connectivity index (χ3n) is 3.74. The number of nitrogens with zero attached hydrogens (tertiary/aromatic N) is 1. The van der Waals surface area contributed by atoms with Gasteiger partial charge in [0.15, 0.2) is 0 Å². The Labute approximate surface area is 108 Å². The summed E-state index contributed by atoms with van der Waals surface area (Å²) in [4.78, 5) is 2.40. The molecule has 1 atom stereocenters. The largest absolute Gasteiger partial charge is 0.399 e. The van der Waals surface area contributed by atoms with Gasteiger partial charge in [0.05, 0.1) is 0 Å². The second kappa shape index (κ2) is 4.05. The molecule has 2 N–H and O–H groups in total. The van der Waals surface area contributed by atoms with E-state index in [0.29, 0.717) is 6.04 Å². The smallest absolute Gasteiger partial charge is 0.0446 e. The van der Waals surface area contributed by atoms with Gasteiger partial charge < -0.3 is 10.6 Å². The molecule has 2 nitrogen and oxygen atoms in total. The van der Waals surface area contributed by atoms with Crippen molar-refractivity contribution >= 4 is 17.1 Å². The quantitative estimate of drug-likeness (QED) is 0.768. The van der Waals surface area contributed by atoms with Crippen molar-refractivity contribution in [2.45, 2.75) is 26.3 Å². The molecule has 92 valence electrons. The minimum Gasteiger partial charge on any atom is -0.399 e. The van der Waals surface area contributed by atoms with E-state index in [0.717, 1.165) is 17.7 Å². The topological polar surface area (TPSA) is 29.3 Å². The molecule has 0 saturated heterocycles. The van der Waals surface area contributed by atoms with Gasteiger partial charge in [-0.2, -0.15) is 0 Å². The number of anilines is 3. The normalized spacial score (nSPS) is 17.9. The average Bonchev–Trinajstić information content (AvgIpc) is 2.69. The van der Waals surface area contributed by atoms with Crippen LogP contribution < -0.4 is 10.6 Å². The average molecular weight is 238 g/mol. The Morgan fingerprint density at radius 2 is 1.94 bits per heavy atom. The summed E-state index contributed by atoms with van der Waals surface area (Å²) in [5.74, 6) is 0. The molecule has 0 saturated carbocycles. The Hall–Kier alpha value is -1.96. The Morgan fingerprint density at radius 1 is 1.17 bits per heavy atom. The molecular weight excluding hydrogens is 220 g/mol. The number of nitrogens with two attached hydrogens (primary N) is 1. The van der Waals surface area contributed by atoms with Crippen LogP contribution in [0.2, 0.25) is 0 Å². The summed E-state index contributed by atoms with van der Waals surface area (Å²) >= 11 is 0. The van der Waals surface area contributed by atoms with E-state index in [2.05, 4.69) is 55.1 Å². The van der Waals surface area contributed by atoms with Crippen molar-refractivity contribution in [1.82, 2.24) is 0 Å². The molecule has 1 unspecified atom stereocenters. The first kappa shape index (κ1) is 11.1. The number of benzene rings is 2. The van der Waals surface area contributed by atoms with Gasteiger partial charge >= 0.3 is 0 Å². The van der Waals surface area contributed by atoms with Gasteiger partial charge in [-0.3, -0.25) is 0 Å². The van der Waals surface area contributed by atoms with Gasteiger partial charge in [0.2, 0.25) is 0 Å². The maximum Gasteiger partial charge on any atom is 0.0446 e. The number of hydrogen-bond acceptors (Lipinski definition) is 2. The van der Waals surface area contributed by atoms with Crippen molar-refractivity contribution in [3.8, 4) is 0 Å². The van der Waals surface area contributed by atoms with Crippen LogP contribution in [0.5, 0.6) is 0 Å². The first-order chi connectivity index (χ1) is 8.66. The summed E-state index contributed by atoms with van der Waals surface area (Å²) < 4.78 is 0. The molecule has 2 aromatic carbocycles. The summed E-state index contributed by atoms with van der Waals surface area (Å²) in [5.41, 5.74) is 11.9. The molecule has 0 radical (unpaired) electrons. The molecule has 0 bridgehead atoms. The zero-order valence-corrected chi connectivity index (χ0v) is 10.9. The van der Waals surface area contributed by atoms with E-state index in [4.69, 9.17) is 5.73 Å². The van der Waals surface area contributed by atoms with E-state index in [1.165, 1.54) is 16.9 Å². The zero-order valence-electron chi connectivity index (χ0n) is 10.9. The van der Waals surface area contributed by atoms with Crippen molar-refractivity contribution < 1.29 is 0 Å².